The average molecular weight is 345 g/mol. The Hall–Kier alpha value is -1.00. The number of hydrogen-bond acceptors (Lipinski definition) is 2. The largest absolute Gasteiger partial charge is 0.509 e. The first-order valence-electron chi connectivity index (χ1n) is 6.02. The molecular formula is C14H15BrClNO2. The third-order valence-corrected chi connectivity index (χ3v) is 4.09. The van der Waals surface area contributed by atoms with Gasteiger partial charge >= 0.3 is 0 Å². The predicted molar refractivity (Wildman–Crippen MR) is 80.3 cm³/mol. The van der Waals surface area contributed by atoms with Crippen molar-refractivity contribution in [3.63, 3.8) is 0 Å². The van der Waals surface area contributed by atoms with Gasteiger partial charge in [-0.3, -0.25) is 4.79 Å². The second-order valence-corrected chi connectivity index (χ2v) is 6.37. The van der Waals surface area contributed by atoms with Gasteiger partial charge in [0, 0.05) is 15.1 Å². The molecular weight excluding hydrogens is 330 g/mol. The van der Waals surface area contributed by atoms with Gasteiger partial charge in [-0.15, -0.1) is 0 Å². The Labute approximate surface area is 125 Å². The highest BCUT2D eigenvalue weighted by Crippen LogP contribution is 2.38. The van der Waals surface area contributed by atoms with Crippen molar-refractivity contribution in [1.29, 1.82) is 0 Å². The molecule has 1 heterocycles. The fourth-order valence-electron chi connectivity index (χ4n) is 2.24. The van der Waals surface area contributed by atoms with Gasteiger partial charge in [0.15, 0.2) is 0 Å². The van der Waals surface area contributed by atoms with Gasteiger partial charge in [0.2, 0.25) is 0 Å². The molecule has 3 nitrogen and oxygen atoms in total. The molecule has 5 heteroatoms. The lowest BCUT2D eigenvalue weighted by molar-refractivity contribution is -0.115. The summed E-state index contributed by atoms with van der Waals surface area (Å²) in [5, 5.41) is 13.7. The molecule has 1 aromatic carbocycles. The Balaban J connectivity index is 2.73. The first-order chi connectivity index (χ1) is 8.77. The molecule has 0 atom stereocenters. The maximum atomic E-state index is 12.1. The molecule has 0 aromatic heterocycles. The molecule has 1 aliphatic rings. The maximum absolute atomic E-state index is 12.1. The molecule has 0 bridgehead atoms. The standard InChI is InChI=1S/C14H15BrClNO2/c1-4-7-5-8(16)6-9(15)10(7)11-12(18)14(2,3)17-13(11)19/h5-6,18H,4H2,1-3H3,(H,17,19). The van der Waals surface area contributed by atoms with Gasteiger partial charge in [0.25, 0.3) is 5.91 Å². The van der Waals surface area contributed by atoms with Gasteiger partial charge in [-0.2, -0.15) is 0 Å². The van der Waals surface area contributed by atoms with Crippen LogP contribution in [0.15, 0.2) is 22.4 Å². The Morgan fingerprint density at radius 3 is 2.53 bits per heavy atom. The van der Waals surface area contributed by atoms with E-state index in [4.69, 9.17) is 11.6 Å². The van der Waals surface area contributed by atoms with Crippen molar-refractivity contribution in [1.82, 2.24) is 5.32 Å². The van der Waals surface area contributed by atoms with Crippen LogP contribution in [0.4, 0.5) is 0 Å². The summed E-state index contributed by atoms with van der Waals surface area (Å²) < 4.78 is 0.714. The van der Waals surface area contributed by atoms with E-state index in [2.05, 4.69) is 21.2 Å². The van der Waals surface area contributed by atoms with Crippen molar-refractivity contribution >= 4 is 39.0 Å². The zero-order chi connectivity index (χ0) is 14.4. The van der Waals surface area contributed by atoms with E-state index in [-0.39, 0.29) is 11.7 Å². The molecule has 0 fully saturated rings. The Kier molecular flexibility index (Phi) is 3.67. The minimum atomic E-state index is -0.740. The van der Waals surface area contributed by atoms with Crippen LogP contribution < -0.4 is 5.32 Å². The highest BCUT2D eigenvalue weighted by Gasteiger charge is 2.39. The Bertz CT molecular complexity index is 593. The fourth-order valence-corrected chi connectivity index (χ4v) is 3.32. The smallest absolute Gasteiger partial charge is 0.256 e. The lowest BCUT2D eigenvalue weighted by atomic mass is 9.95. The van der Waals surface area contributed by atoms with Gasteiger partial charge in [-0.1, -0.05) is 34.5 Å². The molecule has 19 heavy (non-hydrogen) atoms. The number of carbonyl (C=O) groups is 1. The molecule has 1 aliphatic heterocycles. The zero-order valence-electron chi connectivity index (χ0n) is 11.0. The van der Waals surface area contributed by atoms with Gasteiger partial charge in [0.1, 0.15) is 5.76 Å². The van der Waals surface area contributed by atoms with Crippen molar-refractivity contribution in [3.05, 3.63) is 38.5 Å². The second kappa shape index (κ2) is 4.84. The summed E-state index contributed by atoms with van der Waals surface area (Å²) in [6.45, 7) is 5.52. The van der Waals surface area contributed by atoms with Gasteiger partial charge < -0.3 is 10.4 Å². The van der Waals surface area contributed by atoms with E-state index >= 15 is 0 Å². The number of aliphatic hydroxyl groups excluding tert-OH is 1. The first-order valence-corrected chi connectivity index (χ1v) is 7.19. The van der Waals surface area contributed by atoms with E-state index in [0.29, 0.717) is 20.6 Å². The molecule has 0 aliphatic carbocycles. The second-order valence-electron chi connectivity index (χ2n) is 5.08. The molecule has 2 N–H and O–H groups in total. The van der Waals surface area contributed by atoms with Crippen LogP contribution in [0.25, 0.3) is 5.57 Å². The normalized spacial score (nSPS) is 17.8. The third kappa shape index (κ3) is 2.39. The summed E-state index contributed by atoms with van der Waals surface area (Å²) in [6, 6.07) is 3.55. The van der Waals surface area contributed by atoms with Crippen molar-refractivity contribution in [2.45, 2.75) is 32.7 Å². The molecule has 2 rings (SSSR count). The van der Waals surface area contributed by atoms with Gasteiger partial charge in [-0.05, 0) is 38.0 Å². The fraction of sp³-hybridized carbons (Fsp3) is 0.357. The number of amides is 1. The number of rotatable bonds is 2. The number of hydrogen-bond donors (Lipinski definition) is 2. The predicted octanol–water partition coefficient (Wildman–Crippen LogP) is 3.84. The van der Waals surface area contributed by atoms with E-state index in [1.54, 1.807) is 19.9 Å². The van der Waals surface area contributed by atoms with Crippen molar-refractivity contribution in [2.24, 2.45) is 0 Å². The van der Waals surface area contributed by atoms with Crippen LogP contribution >= 0.6 is 27.5 Å². The number of aryl methyl sites for hydroxylation is 1. The summed E-state index contributed by atoms with van der Waals surface area (Å²) in [5.41, 5.74) is 1.22. The average Bonchev–Trinajstić information content (AvgIpc) is 2.49. The maximum Gasteiger partial charge on any atom is 0.256 e. The van der Waals surface area contributed by atoms with Gasteiger partial charge in [-0.25, -0.2) is 0 Å². The lowest BCUT2D eigenvalue weighted by Gasteiger charge is -2.17. The van der Waals surface area contributed by atoms with E-state index in [1.165, 1.54) is 0 Å². The summed E-state index contributed by atoms with van der Waals surface area (Å²) >= 11 is 9.46. The van der Waals surface area contributed by atoms with E-state index in [1.807, 2.05) is 13.0 Å². The van der Waals surface area contributed by atoms with Crippen molar-refractivity contribution in [3.8, 4) is 0 Å². The van der Waals surface area contributed by atoms with Crippen LogP contribution in [0.1, 0.15) is 31.9 Å². The van der Waals surface area contributed by atoms with Crippen LogP contribution in [0.2, 0.25) is 5.02 Å². The number of aliphatic hydroxyl groups is 1. The minimum absolute atomic E-state index is 0.0650. The number of nitrogens with one attached hydrogen (secondary N) is 1. The molecule has 0 saturated heterocycles. The van der Waals surface area contributed by atoms with E-state index in [0.717, 1.165) is 12.0 Å². The molecule has 0 unspecified atom stereocenters. The van der Waals surface area contributed by atoms with Crippen LogP contribution in [-0.4, -0.2) is 16.6 Å². The lowest BCUT2D eigenvalue weighted by Crippen LogP contribution is -2.38. The molecule has 1 aromatic rings. The van der Waals surface area contributed by atoms with Crippen LogP contribution in [-0.2, 0) is 11.2 Å². The highest BCUT2D eigenvalue weighted by atomic mass is 79.9. The van der Waals surface area contributed by atoms with Crippen LogP contribution in [0, 0.1) is 0 Å². The van der Waals surface area contributed by atoms with Gasteiger partial charge in [0.05, 0.1) is 11.1 Å². The number of carbonyl (C=O) groups excluding carboxylic acids is 1. The molecule has 0 radical (unpaired) electrons. The number of halogens is 2. The minimum Gasteiger partial charge on any atom is -0.509 e. The Morgan fingerprint density at radius 1 is 1.42 bits per heavy atom. The monoisotopic (exact) mass is 343 g/mol. The van der Waals surface area contributed by atoms with Crippen LogP contribution in [0.5, 0.6) is 0 Å². The zero-order valence-corrected chi connectivity index (χ0v) is 13.3. The highest BCUT2D eigenvalue weighted by molar-refractivity contribution is 9.10. The number of benzene rings is 1. The Morgan fingerprint density at radius 2 is 2.05 bits per heavy atom. The van der Waals surface area contributed by atoms with Crippen molar-refractivity contribution in [2.75, 3.05) is 0 Å². The van der Waals surface area contributed by atoms with Crippen LogP contribution in [0.3, 0.4) is 0 Å². The first kappa shape index (κ1) is 14.4. The quantitative estimate of drug-likeness (QED) is 0.856. The summed E-state index contributed by atoms with van der Waals surface area (Å²) in [6.07, 6.45) is 0.721. The molecule has 0 saturated carbocycles. The van der Waals surface area contributed by atoms with E-state index < -0.39 is 5.54 Å². The summed E-state index contributed by atoms with van der Waals surface area (Å²) in [7, 11) is 0. The molecule has 102 valence electrons. The SMILES string of the molecule is CCc1cc(Cl)cc(Br)c1C1=C(O)C(C)(C)NC1=O. The molecule has 0 spiro atoms. The van der Waals surface area contributed by atoms with Crippen molar-refractivity contribution < 1.29 is 9.90 Å². The third-order valence-electron chi connectivity index (χ3n) is 3.25. The molecule has 1 amide bonds. The van der Waals surface area contributed by atoms with E-state index in [9.17, 15) is 9.90 Å². The topological polar surface area (TPSA) is 49.3 Å². The summed E-state index contributed by atoms with van der Waals surface area (Å²) in [4.78, 5) is 12.1. The summed E-state index contributed by atoms with van der Waals surface area (Å²) in [5.74, 6) is -0.199.